The summed E-state index contributed by atoms with van der Waals surface area (Å²) in [6.07, 6.45) is 0. The van der Waals surface area contributed by atoms with Crippen LogP contribution in [0.1, 0.15) is 28.8 Å². The summed E-state index contributed by atoms with van der Waals surface area (Å²) in [5.41, 5.74) is 2.75. The molecule has 0 aliphatic heterocycles. The van der Waals surface area contributed by atoms with Crippen molar-refractivity contribution in [1.82, 2.24) is 9.88 Å². The lowest BCUT2D eigenvalue weighted by molar-refractivity contribution is 0.310. The molecule has 1 N–H and O–H groups in total. The highest BCUT2D eigenvalue weighted by molar-refractivity contribution is 5.45. The van der Waals surface area contributed by atoms with Gasteiger partial charge in [-0.3, -0.25) is 0 Å². The summed E-state index contributed by atoms with van der Waals surface area (Å²) in [7, 11) is 4.06. The van der Waals surface area contributed by atoms with Crippen molar-refractivity contribution < 1.29 is 4.42 Å². The van der Waals surface area contributed by atoms with Gasteiger partial charge >= 0.3 is 0 Å². The number of oxazole rings is 1. The molecule has 21 heavy (non-hydrogen) atoms. The largest absolute Gasteiger partial charge is 0.424 e. The zero-order chi connectivity index (χ0) is 15.4. The highest BCUT2D eigenvalue weighted by Gasteiger charge is 2.16. The second kappa shape index (κ2) is 6.42. The van der Waals surface area contributed by atoms with Crippen molar-refractivity contribution >= 4 is 5.88 Å². The Hall–Kier alpha value is -2.32. The summed E-state index contributed by atoms with van der Waals surface area (Å²) in [6.45, 7) is 4.44. The molecule has 0 spiro atoms. The van der Waals surface area contributed by atoms with Crippen LogP contribution in [0.2, 0.25) is 0 Å². The van der Waals surface area contributed by atoms with E-state index in [1.807, 2.05) is 20.2 Å². The van der Waals surface area contributed by atoms with Gasteiger partial charge in [0.05, 0.1) is 6.04 Å². The molecule has 5 heteroatoms. The van der Waals surface area contributed by atoms with Crippen LogP contribution in [0, 0.1) is 25.2 Å². The molecule has 2 rings (SSSR count). The van der Waals surface area contributed by atoms with Crippen LogP contribution in [-0.2, 0) is 0 Å². The summed E-state index contributed by atoms with van der Waals surface area (Å²) < 4.78 is 5.43. The summed E-state index contributed by atoms with van der Waals surface area (Å²) in [6, 6.07) is 10.7. The first-order chi connectivity index (χ1) is 10.0. The first kappa shape index (κ1) is 15.1. The Labute approximate surface area is 125 Å². The maximum absolute atomic E-state index is 9.03. The van der Waals surface area contributed by atoms with Gasteiger partial charge in [-0.1, -0.05) is 29.8 Å². The number of benzene rings is 1. The van der Waals surface area contributed by atoms with Crippen molar-refractivity contribution in [2.75, 3.05) is 26.0 Å². The van der Waals surface area contributed by atoms with E-state index in [9.17, 15) is 0 Å². The third kappa shape index (κ3) is 3.61. The van der Waals surface area contributed by atoms with Crippen molar-refractivity contribution in [1.29, 1.82) is 5.26 Å². The Morgan fingerprint density at radius 3 is 2.52 bits per heavy atom. The summed E-state index contributed by atoms with van der Waals surface area (Å²) in [4.78, 5) is 6.16. The van der Waals surface area contributed by atoms with E-state index in [2.05, 4.69) is 46.4 Å². The molecule has 0 unspecified atom stereocenters. The van der Waals surface area contributed by atoms with E-state index in [4.69, 9.17) is 9.68 Å². The molecule has 1 aromatic carbocycles. The Morgan fingerprint density at radius 1 is 1.29 bits per heavy atom. The van der Waals surface area contributed by atoms with Gasteiger partial charge in [0.25, 0.3) is 0 Å². The normalized spacial score (nSPS) is 12.2. The zero-order valence-corrected chi connectivity index (χ0v) is 12.8. The second-order valence-electron chi connectivity index (χ2n) is 5.29. The van der Waals surface area contributed by atoms with Crippen LogP contribution >= 0.6 is 0 Å². The number of rotatable bonds is 5. The van der Waals surface area contributed by atoms with E-state index < -0.39 is 0 Å². The number of likely N-dealkylation sites (N-methyl/N-ethyl adjacent to an activating group) is 1. The van der Waals surface area contributed by atoms with E-state index in [1.165, 1.54) is 11.1 Å². The third-order valence-corrected chi connectivity index (χ3v) is 3.38. The molecule has 0 saturated heterocycles. The number of nitrogens with one attached hydrogen (secondary N) is 1. The van der Waals surface area contributed by atoms with Crippen LogP contribution < -0.4 is 5.32 Å². The van der Waals surface area contributed by atoms with Crippen LogP contribution in [0.4, 0.5) is 5.88 Å². The summed E-state index contributed by atoms with van der Waals surface area (Å²) in [5.74, 6) is 0.930. The topological polar surface area (TPSA) is 65.1 Å². The molecule has 1 aromatic heterocycles. The Morgan fingerprint density at radius 2 is 1.95 bits per heavy atom. The lowest BCUT2D eigenvalue weighted by Gasteiger charge is -2.25. The van der Waals surface area contributed by atoms with Crippen LogP contribution in [0.3, 0.4) is 0 Å². The Bertz CT molecular complexity index is 637. The fourth-order valence-electron chi connectivity index (χ4n) is 2.20. The molecule has 0 bridgehead atoms. The van der Waals surface area contributed by atoms with E-state index in [1.54, 1.807) is 6.92 Å². The number of aryl methyl sites for hydroxylation is 2. The van der Waals surface area contributed by atoms with Crippen molar-refractivity contribution in [3.8, 4) is 6.07 Å². The molecule has 0 saturated carbocycles. The fourth-order valence-corrected chi connectivity index (χ4v) is 2.20. The molecule has 5 nitrogen and oxygen atoms in total. The van der Waals surface area contributed by atoms with Crippen LogP contribution in [0.15, 0.2) is 28.7 Å². The molecule has 0 radical (unpaired) electrons. The van der Waals surface area contributed by atoms with Crippen molar-refractivity contribution in [3.05, 3.63) is 47.0 Å². The van der Waals surface area contributed by atoms with Gasteiger partial charge in [0.2, 0.25) is 11.6 Å². The molecule has 0 fully saturated rings. The van der Waals surface area contributed by atoms with E-state index in [0.717, 1.165) is 0 Å². The number of anilines is 1. The minimum Gasteiger partial charge on any atom is -0.424 e. The number of nitrogens with zero attached hydrogens (tertiary/aromatic N) is 3. The van der Waals surface area contributed by atoms with E-state index in [-0.39, 0.29) is 6.04 Å². The van der Waals surface area contributed by atoms with Gasteiger partial charge in [-0.25, -0.2) is 4.98 Å². The molecular formula is C16H20N4O. The fraction of sp³-hybridized carbons (Fsp3) is 0.375. The molecule has 110 valence electrons. The molecule has 2 aromatic rings. The Balaban J connectivity index is 2.14. The highest BCUT2D eigenvalue weighted by Crippen LogP contribution is 2.22. The molecule has 1 atom stereocenters. The number of hydrogen-bond acceptors (Lipinski definition) is 5. The predicted molar refractivity (Wildman–Crippen MR) is 82.1 cm³/mol. The van der Waals surface area contributed by atoms with Gasteiger partial charge in [-0.15, -0.1) is 0 Å². The monoisotopic (exact) mass is 284 g/mol. The highest BCUT2D eigenvalue weighted by atomic mass is 16.4. The van der Waals surface area contributed by atoms with Gasteiger partial charge in [0.15, 0.2) is 5.89 Å². The van der Waals surface area contributed by atoms with Gasteiger partial charge in [0, 0.05) is 13.5 Å². The first-order valence-corrected chi connectivity index (χ1v) is 6.85. The molecule has 0 aliphatic rings. The SMILES string of the molecule is Cc1ccc([C@H](CNc2oc(C)nc2C#N)N(C)C)cc1. The summed E-state index contributed by atoms with van der Waals surface area (Å²) >= 11 is 0. The van der Waals surface area contributed by atoms with E-state index in [0.29, 0.717) is 24.0 Å². The van der Waals surface area contributed by atoms with Crippen molar-refractivity contribution in [2.45, 2.75) is 19.9 Å². The molecule has 1 heterocycles. The maximum Gasteiger partial charge on any atom is 0.232 e. The number of hydrogen-bond donors (Lipinski definition) is 1. The average Bonchev–Trinajstić information content (AvgIpc) is 2.81. The minimum absolute atomic E-state index is 0.183. The molecular weight excluding hydrogens is 264 g/mol. The van der Waals surface area contributed by atoms with Gasteiger partial charge in [0.1, 0.15) is 6.07 Å². The van der Waals surface area contributed by atoms with Crippen LogP contribution in [0.25, 0.3) is 0 Å². The third-order valence-electron chi connectivity index (χ3n) is 3.38. The van der Waals surface area contributed by atoms with E-state index >= 15 is 0 Å². The number of aromatic nitrogens is 1. The van der Waals surface area contributed by atoms with Gasteiger partial charge in [-0.2, -0.15) is 5.26 Å². The first-order valence-electron chi connectivity index (χ1n) is 6.85. The Kier molecular flexibility index (Phi) is 4.61. The standard InChI is InChI=1S/C16H20N4O/c1-11-5-7-13(8-6-11)15(20(3)4)10-18-16-14(9-17)19-12(2)21-16/h5-8,15,18H,10H2,1-4H3/t15-/m0/s1. The number of nitriles is 1. The maximum atomic E-state index is 9.03. The average molecular weight is 284 g/mol. The van der Waals surface area contributed by atoms with Crippen molar-refractivity contribution in [3.63, 3.8) is 0 Å². The minimum atomic E-state index is 0.183. The van der Waals surface area contributed by atoms with Gasteiger partial charge in [-0.05, 0) is 26.6 Å². The molecule has 0 aliphatic carbocycles. The summed E-state index contributed by atoms with van der Waals surface area (Å²) in [5, 5.41) is 12.2. The van der Waals surface area contributed by atoms with Crippen LogP contribution in [-0.4, -0.2) is 30.5 Å². The van der Waals surface area contributed by atoms with Gasteiger partial charge < -0.3 is 14.6 Å². The zero-order valence-electron chi connectivity index (χ0n) is 12.8. The lowest BCUT2D eigenvalue weighted by Crippen LogP contribution is -2.26. The predicted octanol–water partition coefficient (Wildman–Crippen LogP) is 2.88. The second-order valence-corrected chi connectivity index (χ2v) is 5.29. The van der Waals surface area contributed by atoms with Crippen molar-refractivity contribution in [2.24, 2.45) is 0 Å². The smallest absolute Gasteiger partial charge is 0.232 e. The lowest BCUT2D eigenvalue weighted by atomic mass is 10.0. The quantitative estimate of drug-likeness (QED) is 0.914. The molecule has 0 amide bonds. The van der Waals surface area contributed by atoms with Crippen LogP contribution in [0.5, 0.6) is 0 Å².